The van der Waals surface area contributed by atoms with Crippen LogP contribution >= 0.6 is 0 Å². The summed E-state index contributed by atoms with van der Waals surface area (Å²) in [4.78, 5) is 0. The molecule has 1 nitrogen and oxygen atoms in total. The van der Waals surface area contributed by atoms with E-state index in [4.69, 9.17) is 0 Å². The molecule has 0 fully saturated rings. The van der Waals surface area contributed by atoms with Crippen molar-refractivity contribution in [2.24, 2.45) is 0 Å². The van der Waals surface area contributed by atoms with Gasteiger partial charge in [-0.15, -0.1) is 0 Å². The summed E-state index contributed by atoms with van der Waals surface area (Å²) in [6.45, 7) is 2.28. The quantitative estimate of drug-likeness (QED) is 0.362. The van der Waals surface area contributed by atoms with Crippen molar-refractivity contribution < 1.29 is 5.11 Å². The molecule has 1 N–H and O–H groups in total. The van der Waals surface area contributed by atoms with Gasteiger partial charge in [0.1, 0.15) is 5.75 Å². The van der Waals surface area contributed by atoms with Gasteiger partial charge in [0.25, 0.3) is 0 Å². The van der Waals surface area contributed by atoms with Crippen LogP contribution in [-0.4, -0.2) is 42.8 Å². The molecule has 0 aliphatic carbocycles. The van der Waals surface area contributed by atoms with Crippen molar-refractivity contribution in [1.82, 2.24) is 0 Å². The molecule has 0 saturated carbocycles. The number of phenolic OH excluding ortho intramolecular Hbond substituents is 1. The fourth-order valence-corrected chi connectivity index (χ4v) is 2.83. The number of aryl methyl sites for hydroxylation is 1. The molecule has 1 aromatic rings. The number of unbranched alkanes of at least 4 members (excludes halogenated alkanes) is 11. The topological polar surface area (TPSA) is 20.2 Å². The van der Waals surface area contributed by atoms with Gasteiger partial charge < -0.3 is 5.11 Å². The van der Waals surface area contributed by atoms with Gasteiger partial charge in [-0.05, 0) is 30.5 Å². The van der Waals surface area contributed by atoms with E-state index in [0.717, 1.165) is 6.42 Å². The first-order valence-corrected chi connectivity index (χ1v) is 9.11. The predicted molar refractivity (Wildman–Crippen MR) is 101 cm³/mol. The zero-order valence-corrected chi connectivity index (χ0v) is 13.9. The van der Waals surface area contributed by atoms with Gasteiger partial charge in [0.05, 0.1) is 0 Å². The van der Waals surface area contributed by atoms with Crippen LogP contribution in [0.2, 0.25) is 0 Å². The van der Waals surface area contributed by atoms with Gasteiger partial charge in [-0.1, -0.05) is 89.7 Å². The van der Waals surface area contributed by atoms with Gasteiger partial charge in [-0.3, -0.25) is 0 Å². The SMILES string of the molecule is CCCCCCCCCCCCCCc1ccc(O)cc1.[CaH2]. The molecule has 124 valence electrons. The summed E-state index contributed by atoms with van der Waals surface area (Å²) >= 11 is 0. The van der Waals surface area contributed by atoms with Crippen molar-refractivity contribution in [3.8, 4) is 5.75 Å². The molecule has 0 spiro atoms. The molecule has 0 radical (unpaired) electrons. The van der Waals surface area contributed by atoms with Gasteiger partial charge in [0.15, 0.2) is 0 Å². The summed E-state index contributed by atoms with van der Waals surface area (Å²) in [5.74, 6) is 0.369. The summed E-state index contributed by atoms with van der Waals surface area (Å²) in [6, 6.07) is 7.65. The van der Waals surface area contributed by atoms with Crippen molar-refractivity contribution in [3.63, 3.8) is 0 Å². The van der Waals surface area contributed by atoms with E-state index in [2.05, 4.69) is 6.92 Å². The third kappa shape index (κ3) is 12.8. The summed E-state index contributed by atoms with van der Waals surface area (Å²) in [6.07, 6.45) is 18.0. The Morgan fingerprint density at radius 1 is 0.636 bits per heavy atom. The third-order valence-corrected chi connectivity index (χ3v) is 4.26. The van der Waals surface area contributed by atoms with Crippen molar-refractivity contribution in [2.75, 3.05) is 0 Å². The first-order chi connectivity index (χ1) is 10.3. The number of hydrogen-bond donors (Lipinski definition) is 1. The van der Waals surface area contributed by atoms with E-state index in [9.17, 15) is 5.11 Å². The number of rotatable bonds is 13. The van der Waals surface area contributed by atoms with E-state index in [1.807, 2.05) is 12.1 Å². The summed E-state index contributed by atoms with van der Waals surface area (Å²) in [5.41, 5.74) is 1.35. The van der Waals surface area contributed by atoms with E-state index in [1.54, 1.807) is 12.1 Å². The van der Waals surface area contributed by atoms with E-state index in [1.165, 1.54) is 82.6 Å². The monoisotopic (exact) mass is 332 g/mol. The number of benzene rings is 1. The summed E-state index contributed by atoms with van der Waals surface area (Å²) in [5, 5.41) is 9.23. The van der Waals surface area contributed by atoms with Crippen molar-refractivity contribution in [2.45, 2.75) is 90.4 Å². The Hall–Kier alpha value is 0.280. The van der Waals surface area contributed by atoms with Gasteiger partial charge in [-0.2, -0.15) is 0 Å². The molecule has 0 aliphatic heterocycles. The first-order valence-electron chi connectivity index (χ1n) is 9.11. The van der Waals surface area contributed by atoms with Gasteiger partial charge in [0.2, 0.25) is 0 Å². The van der Waals surface area contributed by atoms with Crippen molar-refractivity contribution in [3.05, 3.63) is 29.8 Å². The zero-order chi connectivity index (χ0) is 15.2. The average Bonchev–Trinajstić information content (AvgIpc) is 2.50. The normalized spacial score (nSPS) is 10.4. The van der Waals surface area contributed by atoms with Crippen LogP contribution in [0.15, 0.2) is 24.3 Å². The number of hydrogen-bond acceptors (Lipinski definition) is 1. The Labute approximate surface area is 167 Å². The molecular weight excluding hydrogens is 296 g/mol. The van der Waals surface area contributed by atoms with E-state index in [-0.39, 0.29) is 37.7 Å². The van der Waals surface area contributed by atoms with Crippen LogP contribution in [0, 0.1) is 0 Å². The summed E-state index contributed by atoms with van der Waals surface area (Å²) < 4.78 is 0. The second-order valence-electron chi connectivity index (χ2n) is 6.31. The molecule has 0 aromatic heterocycles. The van der Waals surface area contributed by atoms with Crippen LogP contribution in [0.3, 0.4) is 0 Å². The van der Waals surface area contributed by atoms with Crippen molar-refractivity contribution in [1.29, 1.82) is 0 Å². The Morgan fingerprint density at radius 2 is 1.05 bits per heavy atom. The van der Waals surface area contributed by atoms with Crippen LogP contribution in [0.5, 0.6) is 5.75 Å². The molecule has 0 unspecified atom stereocenters. The standard InChI is InChI=1S/C20H34O.Ca.2H/c1-2-3-4-5-6-7-8-9-10-11-12-13-14-19-15-17-20(21)18-16-19;;;/h15-18,21H,2-14H2,1H3;;;. The molecule has 0 aliphatic rings. The molecule has 1 rings (SSSR count). The Kier molecular flexibility index (Phi) is 16.4. The minimum absolute atomic E-state index is 0. The van der Waals surface area contributed by atoms with Crippen LogP contribution < -0.4 is 0 Å². The van der Waals surface area contributed by atoms with Gasteiger partial charge in [-0.25, -0.2) is 0 Å². The van der Waals surface area contributed by atoms with E-state index >= 15 is 0 Å². The number of aromatic hydroxyl groups is 1. The van der Waals surface area contributed by atoms with Gasteiger partial charge >= 0.3 is 37.7 Å². The molecule has 2 heteroatoms. The Balaban J connectivity index is 0.00000441. The molecule has 1 aromatic carbocycles. The molecule has 0 heterocycles. The average molecular weight is 333 g/mol. The number of phenols is 1. The van der Waals surface area contributed by atoms with Crippen LogP contribution in [0.4, 0.5) is 0 Å². The maximum absolute atomic E-state index is 9.23. The molecule has 22 heavy (non-hydrogen) atoms. The minimum atomic E-state index is 0. The second kappa shape index (κ2) is 16.1. The molecular formula is C20H36CaO. The molecule has 0 atom stereocenters. The zero-order valence-electron chi connectivity index (χ0n) is 13.9. The second-order valence-corrected chi connectivity index (χ2v) is 6.31. The molecule has 0 amide bonds. The maximum atomic E-state index is 9.23. The van der Waals surface area contributed by atoms with Crippen LogP contribution in [0.25, 0.3) is 0 Å². The third-order valence-electron chi connectivity index (χ3n) is 4.26. The van der Waals surface area contributed by atoms with E-state index < -0.39 is 0 Å². The van der Waals surface area contributed by atoms with Crippen LogP contribution in [-0.2, 0) is 6.42 Å². The fraction of sp³-hybridized carbons (Fsp3) is 0.700. The first kappa shape index (κ1) is 22.3. The Morgan fingerprint density at radius 3 is 1.50 bits per heavy atom. The molecule has 0 saturated heterocycles. The summed E-state index contributed by atoms with van der Waals surface area (Å²) in [7, 11) is 0. The van der Waals surface area contributed by atoms with E-state index in [0.29, 0.717) is 5.75 Å². The Bertz CT molecular complexity index is 334. The molecule has 0 bridgehead atoms. The fourth-order valence-electron chi connectivity index (χ4n) is 2.83. The van der Waals surface area contributed by atoms with Crippen molar-refractivity contribution >= 4 is 37.7 Å². The van der Waals surface area contributed by atoms with Gasteiger partial charge in [0, 0.05) is 0 Å². The van der Waals surface area contributed by atoms with Crippen LogP contribution in [0.1, 0.15) is 89.5 Å². The predicted octanol–water partition coefficient (Wildman–Crippen LogP) is 5.72.